The first-order chi connectivity index (χ1) is 25.2. The maximum Gasteiger partial charge on any atom is 0.0546 e. The van der Waals surface area contributed by atoms with E-state index in [9.17, 15) is 0 Å². The smallest absolute Gasteiger partial charge is 0.0546 e. The molecule has 0 saturated heterocycles. The van der Waals surface area contributed by atoms with Gasteiger partial charge < -0.3 is 4.90 Å². The zero-order chi connectivity index (χ0) is 35.6. The molecule has 1 aliphatic carbocycles. The van der Waals surface area contributed by atoms with Crippen LogP contribution in [0.1, 0.15) is 51.3 Å². The lowest BCUT2D eigenvalue weighted by Gasteiger charge is -2.31. The van der Waals surface area contributed by atoms with Crippen molar-refractivity contribution in [3.8, 4) is 33.4 Å². The Morgan fingerprint density at radius 3 is 1.83 bits per heavy atom. The lowest BCUT2D eigenvalue weighted by molar-refractivity contribution is 0.589. The van der Waals surface area contributed by atoms with Gasteiger partial charge in [0.2, 0.25) is 0 Å². The fourth-order valence-corrected chi connectivity index (χ4v) is 8.38. The van der Waals surface area contributed by atoms with E-state index in [4.69, 9.17) is 0 Å². The van der Waals surface area contributed by atoms with Crippen LogP contribution in [0, 0.1) is 0 Å². The van der Waals surface area contributed by atoms with Gasteiger partial charge in [-0.15, -0.1) is 0 Å². The average molecular weight is 670 g/mol. The number of fused-ring (bicyclic) bond motifs is 5. The first-order valence-corrected chi connectivity index (χ1v) is 18.4. The predicted octanol–water partition coefficient (Wildman–Crippen LogP) is 14.4. The normalized spacial score (nSPS) is 13.2. The highest BCUT2D eigenvalue weighted by Gasteiger charge is 2.37. The second kappa shape index (κ2) is 12.1. The van der Waals surface area contributed by atoms with E-state index in [0.717, 1.165) is 17.1 Å². The van der Waals surface area contributed by atoms with Crippen molar-refractivity contribution in [2.45, 2.75) is 45.4 Å². The van der Waals surface area contributed by atoms with Gasteiger partial charge in [-0.25, -0.2) is 0 Å². The molecule has 0 atom stereocenters. The van der Waals surface area contributed by atoms with Gasteiger partial charge in [-0.2, -0.15) is 0 Å². The number of nitrogens with zero attached hydrogens (tertiary/aromatic N) is 1. The van der Waals surface area contributed by atoms with E-state index in [1.807, 2.05) is 0 Å². The molecule has 0 N–H and O–H groups in total. The number of hydrogen-bond donors (Lipinski definition) is 0. The molecule has 0 spiro atoms. The van der Waals surface area contributed by atoms with Crippen LogP contribution in [-0.4, -0.2) is 0 Å². The Morgan fingerprint density at radius 2 is 1.08 bits per heavy atom. The van der Waals surface area contributed by atoms with E-state index in [2.05, 4.69) is 209 Å². The standard InChI is InChI=1S/C51H43N/c1-50(2,3)38-25-30-46-45(32-38)43-29-28-40(33-47(43)51(46,4)5)52(39-26-22-35(23-27-39)34-14-7-6-8-15-34)48-31-24-37-17-10-12-20-42(37)49(48)44-21-13-18-36-16-9-11-19-41(36)44/h6-33H,1-5H3. The van der Waals surface area contributed by atoms with Crippen molar-refractivity contribution < 1.29 is 0 Å². The van der Waals surface area contributed by atoms with Crippen LogP contribution in [0.4, 0.5) is 17.1 Å². The van der Waals surface area contributed by atoms with E-state index in [-0.39, 0.29) is 10.8 Å². The lowest BCUT2D eigenvalue weighted by Crippen LogP contribution is -2.17. The second-order valence-corrected chi connectivity index (χ2v) is 15.8. The SMILES string of the molecule is CC(C)(C)c1ccc2c(c1)-c1ccc(N(c3ccc(-c4ccccc4)cc3)c3ccc4ccccc4c3-c3cccc4ccccc34)cc1C2(C)C. The summed E-state index contributed by atoms with van der Waals surface area (Å²) in [5.74, 6) is 0. The molecule has 0 radical (unpaired) electrons. The quantitative estimate of drug-likeness (QED) is 0.176. The van der Waals surface area contributed by atoms with E-state index >= 15 is 0 Å². The predicted molar refractivity (Wildman–Crippen MR) is 223 cm³/mol. The van der Waals surface area contributed by atoms with Crippen LogP contribution >= 0.6 is 0 Å². The van der Waals surface area contributed by atoms with E-state index in [0.29, 0.717) is 0 Å². The van der Waals surface area contributed by atoms with Crippen LogP contribution in [0.25, 0.3) is 54.9 Å². The van der Waals surface area contributed by atoms with Crippen molar-refractivity contribution in [2.24, 2.45) is 0 Å². The van der Waals surface area contributed by atoms with Crippen molar-refractivity contribution in [1.82, 2.24) is 0 Å². The van der Waals surface area contributed by atoms with Crippen molar-refractivity contribution in [3.63, 3.8) is 0 Å². The molecule has 0 unspecified atom stereocenters. The zero-order valence-corrected chi connectivity index (χ0v) is 30.6. The summed E-state index contributed by atoms with van der Waals surface area (Å²) in [6.07, 6.45) is 0. The Balaban J connectivity index is 1.30. The highest BCUT2D eigenvalue weighted by atomic mass is 15.1. The van der Waals surface area contributed by atoms with E-state index in [1.165, 1.54) is 71.6 Å². The van der Waals surface area contributed by atoms with Gasteiger partial charge in [0.05, 0.1) is 5.69 Å². The summed E-state index contributed by atoms with van der Waals surface area (Å²) in [6.45, 7) is 11.7. The molecule has 252 valence electrons. The molecule has 0 aliphatic heterocycles. The molecule has 8 aromatic rings. The third-order valence-corrected chi connectivity index (χ3v) is 11.2. The highest BCUT2D eigenvalue weighted by Crippen LogP contribution is 2.53. The van der Waals surface area contributed by atoms with E-state index in [1.54, 1.807) is 0 Å². The van der Waals surface area contributed by atoms with Crippen LogP contribution < -0.4 is 4.90 Å². The van der Waals surface area contributed by atoms with Gasteiger partial charge in [0, 0.05) is 22.4 Å². The second-order valence-electron chi connectivity index (χ2n) is 15.8. The highest BCUT2D eigenvalue weighted by molar-refractivity contribution is 6.11. The Kier molecular flexibility index (Phi) is 7.45. The first-order valence-electron chi connectivity index (χ1n) is 18.4. The topological polar surface area (TPSA) is 3.24 Å². The molecule has 1 nitrogen and oxygen atoms in total. The summed E-state index contributed by atoms with van der Waals surface area (Å²) >= 11 is 0. The third-order valence-electron chi connectivity index (χ3n) is 11.2. The largest absolute Gasteiger partial charge is 0.310 e. The molecule has 0 bridgehead atoms. The van der Waals surface area contributed by atoms with Gasteiger partial charge >= 0.3 is 0 Å². The molecule has 52 heavy (non-hydrogen) atoms. The van der Waals surface area contributed by atoms with Gasteiger partial charge in [-0.1, -0.05) is 174 Å². The van der Waals surface area contributed by atoms with Crippen LogP contribution in [0.15, 0.2) is 170 Å². The molecule has 0 aromatic heterocycles. The maximum absolute atomic E-state index is 2.48. The molecule has 8 aromatic carbocycles. The fraction of sp³-hybridized carbons (Fsp3) is 0.137. The minimum Gasteiger partial charge on any atom is -0.310 e. The molecule has 1 aliphatic rings. The van der Waals surface area contributed by atoms with Gasteiger partial charge in [-0.05, 0) is 102 Å². The van der Waals surface area contributed by atoms with Crippen molar-refractivity contribution >= 4 is 38.6 Å². The Morgan fingerprint density at radius 1 is 0.442 bits per heavy atom. The average Bonchev–Trinajstić information content (AvgIpc) is 3.40. The molecule has 0 saturated carbocycles. The van der Waals surface area contributed by atoms with Crippen molar-refractivity contribution in [1.29, 1.82) is 0 Å². The van der Waals surface area contributed by atoms with Gasteiger partial charge in [0.1, 0.15) is 0 Å². The van der Waals surface area contributed by atoms with Crippen LogP contribution in [0.3, 0.4) is 0 Å². The summed E-state index contributed by atoms with van der Waals surface area (Å²) in [5, 5.41) is 4.96. The summed E-state index contributed by atoms with van der Waals surface area (Å²) in [4.78, 5) is 2.48. The molecular weight excluding hydrogens is 627 g/mol. The van der Waals surface area contributed by atoms with Gasteiger partial charge in [-0.3, -0.25) is 0 Å². The fourth-order valence-electron chi connectivity index (χ4n) is 8.38. The summed E-state index contributed by atoms with van der Waals surface area (Å²) in [6, 6.07) is 62.9. The van der Waals surface area contributed by atoms with Crippen molar-refractivity contribution in [2.75, 3.05) is 4.90 Å². The number of benzene rings is 8. The van der Waals surface area contributed by atoms with Gasteiger partial charge in [0.25, 0.3) is 0 Å². The Bertz CT molecular complexity index is 2610. The minimum absolute atomic E-state index is 0.0820. The summed E-state index contributed by atoms with van der Waals surface area (Å²) < 4.78 is 0. The minimum atomic E-state index is -0.137. The summed E-state index contributed by atoms with van der Waals surface area (Å²) in [7, 11) is 0. The first kappa shape index (κ1) is 32.0. The molecule has 1 heteroatoms. The monoisotopic (exact) mass is 669 g/mol. The number of anilines is 3. The molecule has 9 rings (SSSR count). The van der Waals surface area contributed by atoms with Crippen LogP contribution in [0.2, 0.25) is 0 Å². The number of hydrogen-bond acceptors (Lipinski definition) is 1. The van der Waals surface area contributed by atoms with E-state index < -0.39 is 0 Å². The molecule has 0 heterocycles. The Labute approximate surface area is 307 Å². The van der Waals surface area contributed by atoms with Crippen LogP contribution in [0.5, 0.6) is 0 Å². The number of rotatable bonds is 5. The van der Waals surface area contributed by atoms with Crippen molar-refractivity contribution in [3.05, 3.63) is 187 Å². The molecule has 0 fully saturated rings. The molecule has 0 amide bonds. The third kappa shape index (κ3) is 5.23. The summed E-state index contributed by atoms with van der Waals surface area (Å²) in [5.41, 5.74) is 15.1. The zero-order valence-electron chi connectivity index (χ0n) is 30.6. The lowest BCUT2D eigenvalue weighted by atomic mass is 9.80. The molecular formula is C51H43N. The van der Waals surface area contributed by atoms with Crippen LogP contribution in [-0.2, 0) is 10.8 Å². The Hall–Kier alpha value is -5.92. The maximum atomic E-state index is 2.48. The van der Waals surface area contributed by atoms with Gasteiger partial charge in [0.15, 0.2) is 0 Å².